The molecule has 0 saturated carbocycles. The molecule has 0 aliphatic heterocycles. The molecular formula is C15H24N2O2. The van der Waals surface area contributed by atoms with E-state index in [0.29, 0.717) is 5.56 Å². The molecule has 4 heteroatoms. The highest BCUT2D eigenvalue weighted by Gasteiger charge is 2.20. The predicted octanol–water partition coefficient (Wildman–Crippen LogP) is 2.86. The molecule has 1 aromatic rings. The minimum atomic E-state index is -0.851. The smallest absolute Gasteiger partial charge is 0.336 e. The fraction of sp³-hybridized carbons (Fsp3) is 0.533. The van der Waals surface area contributed by atoms with Crippen LogP contribution in [0.3, 0.4) is 0 Å². The summed E-state index contributed by atoms with van der Waals surface area (Å²) in [4.78, 5) is 15.6. The minimum absolute atomic E-state index is 0.412. The molecule has 19 heavy (non-hydrogen) atoms. The van der Waals surface area contributed by atoms with Gasteiger partial charge in [-0.2, -0.15) is 0 Å². The van der Waals surface area contributed by atoms with E-state index in [1.807, 2.05) is 32.0 Å². The normalized spacial score (nSPS) is 10.4. The summed E-state index contributed by atoms with van der Waals surface area (Å²) in [6.07, 6.45) is 0.717. The molecule has 0 aliphatic carbocycles. The van der Waals surface area contributed by atoms with E-state index in [1.165, 1.54) is 0 Å². The molecule has 1 aromatic carbocycles. The SMILES string of the molecule is CCc1c(C(=O)O)ccc(N(C)C)c1N(CC)CC. The fourth-order valence-electron chi connectivity index (χ4n) is 2.44. The van der Waals surface area contributed by atoms with Crippen molar-refractivity contribution in [2.45, 2.75) is 27.2 Å². The Kier molecular flexibility index (Phi) is 5.21. The summed E-state index contributed by atoms with van der Waals surface area (Å²) in [7, 11) is 3.98. The minimum Gasteiger partial charge on any atom is -0.478 e. The molecule has 0 radical (unpaired) electrons. The van der Waals surface area contributed by atoms with Gasteiger partial charge in [-0.15, -0.1) is 0 Å². The van der Waals surface area contributed by atoms with Gasteiger partial charge in [0, 0.05) is 27.2 Å². The molecule has 0 spiro atoms. The Balaban J connectivity index is 3.58. The molecule has 0 bridgehead atoms. The Morgan fingerprint density at radius 3 is 2.11 bits per heavy atom. The van der Waals surface area contributed by atoms with E-state index in [-0.39, 0.29) is 0 Å². The molecule has 1 N–H and O–H groups in total. The Morgan fingerprint density at radius 2 is 1.74 bits per heavy atom. The van der Waals surface area contributed by atoms with Gasteiger partial charge in [0.05, 0.1) is 16.9 Å². The van der Waals surface area contributed by atoms with Gasteiger partial charge in [0.25, 0.3) is 0 Å². The van der Waals surface area contributed by atoms with Gasteiger partial charge in [0.1, 0.15) is 0 Å². The van der Waals surface area contributed by atoms with Crippen LogP contribution in [0.5, 0.6) is 0 Å². The first kappa shape index (κ1) is 15.3. The zero-order valence-electron chi connectivity index (χ0n) is 12.5. The Hall–Kier alpha value is -1.71. The highest BCUT2D eigenvalue weighted by Crippen LogP contribution is 2.35. The van der Waals surface area contributed by atoms with Gasteiger partial charge in [-0.05, 0) is 38.0 Å². The standard InChI is InChI=1S/C15H24N2O2/c1-6-11-12(15(18)19)9-10-13(16(4)5)14(11)17(7-2)8-3/h9-10H,6-8H2,1-5H3,(H,18,19). The van der Waals surface area contributed by atoms with Gasteiger partial charge >= 0.3 is 5.97 Å². The first-order valence-corrected chi connectivity index (χ1v) is 6.79. The predicted molar refractivity (Wildman–Crippen MR) is 80.7 cm³/mol. The number of rotatable bonds is 6. The van der Waals surface area contributed by atoms with E-state index in [9.17, 15) is 9.90 Å². The van der Waals surface area contributed by atoms with E-state index in [2.05, 4.69) is 18.7 Å². The van der Waals surface area contributed by atoms with E-state index >= 15 is 0 Å². The van der Waals surface area contributed by atoms with E-state index in [1.54, 1.807) is 6.07 Å². The van der Waals surface area contributed by atoms with Crippen LogP contribution in [0, 0.1) is 0 Å². The summed E-state index contributed by atoms with van der Waals surface area (Å²) in [5.74, 6) is -0.851. The van der Waals surface area contributed by atoms with Crippen molar-refractivity contribution in [3.05, 3.63) is 23.3 Å². The number of benzene rings is 1. The number of carboxylic acids is 1. The van der Waals surface area contributed by atoms with Crippen molar-refractivity contribution < 1.29 is 9.90 Å². The maximum atomic E-state index is 11.4. The lowest BCUT2D eigenvalue weighted by atomic mass is 10.00. The average molecular weight is 264 g/mol. The molecule has 0 aliphatic rings. The van der Waals surface area contributed by atoms with Crippen molar-refractivity contribution >= 4 is 17.3 Å². The van der Waals surface area contributed by atoms with Crippen molar-refractivity contribution in [3.63, 3.8) is 0 Å². The van der Waals surface area contributed by atoms with Crippen LogP contribution < -0.4 is 9.80 Å². The molecule has 0 heterocycles. The van der Waals surface area contributed by atoms with Gasteiger partial charge in [-0.3, -0.25) is 0 Å². The fourth-order valence-corrected chi connectivity index (χ4v) is 2.44. The number of carbonyl (C=O) groups is 1. The monoisotopic (exact) mass is 264 g/mol. The zero-order valence-corrected chi connectivity index (χ0v) is 12.5. The Bertz CT molecular complexity index is 452. The van der Waals surface area contributed by atoms with Crippen LogP contribution in [-0.4, -0.2) is 38.3 Å². The van der Waals surface area contributed by atoms with E-state index < -0.39 is 5.97 Å². The lowest BCUT2D eigenvalue weighted by Gasteiger charge is -2.30. The van der Waals surface area contributed by atoms with Crippen LogP contribution in [0.4, 0.5) is 11.4 Å². The molecule has 0 saturated heterocycles. The van der Waals surface area contributed by atoms with Crippen LogP contribution in [0.1, 0.15) is 36.7 Å². The largest absolute Gasteiger partial charge is 0.478 e. The summed E-state index contributed by atoms with van der Waals surface area (Å²) in [6.45, 7) is 7.93. The summed E-state index contributed by atoms with van der Waals surface area (Å²) < 4.78 is 0. The summed E-state index contributed by atoms with van der Waals surface area (Å²) in [5.41, 5.74) is 3.46. The van der Waals surface area contributed by atoms with Crippen molar-refractivity contribution in [1.29, 1.82) is 0 Å². The Morgan fingerprint density at radius 1 is 1.16 bits per heavy atom. The van der Waals surface area contributed by atoms with Crippen molar-refractivity contribution in [1.82, 2.24) is 0 Å². The second-order valence-electron chi connectivity index (χ2n) is 4.68. The topological polar surface area (TPSA) is 43.8 Å². The number of hydrogen-bond donors (Lipinski definition) is 1. The molecular weight excluding hydrogens is 240 g/mol. The lowest BCUT2D eigenvalue weighted by Crippen LogP contribution is -2.27. The Labute approximate surface area is 115 Å². The van der Waals surface area contributed by atoms with Gasteiger partial charge in [0.15, 0.2) is 0 Å². The molecule has 0 amide bonds. The first-order valence-electron chi connectivity index (χ1n) is 6.79. The van der Waals surface area contributed by atoms with Crippen LogP contribution in [0.15, 0.2) is 12.1 Å². The van der Waals surface area contributed by atoms with Gasteiger partial charge < -0.3 is 14.9 Å². The molecule has 0 atom stereocenters. The second-order valence-corrected chi connectivity index (χ2v) is 4.68. The molecule has 4 nitrogen and oxygen atoms in total. The highest BCUT2D eigenvalue weighted by molar-refractivity contribution is 5.94. The van der Waals surface area contributed by atoms with Crippen molar-refractivity contribution in [3.8, 4) is 0 Å². The van der Waals surface area contributed by atoms with Gasteiger partial charge in [0.2, 0.25) is 0 Å². The van der Waals surface area contributed by atoms with Crippen LogP contribution in [0.2, 0.25) is 0 Å². The third-order valence-electron chi connectivity index (χ3n) is 3.41. The summed E-state index contributed by atoms with van der Waals surface area (Å²) in [5, 5.41) is 9.35. The maximum absolute atomic E-state index is 11.4. The molecule has 106 valence electrons. The molecule has 0 aromatic heterocycles. The number of carboxylic acid groups (broad SMARTS) is 1. The number of anilines is 2. The lowest BCUT2D eigenvalue weighted by molar-refractivity contribution is 0.0696. The second kappa shape index (κ2) is 6.45. The number of hydrogen-bond acceptors (Lipinski definition) is 3. The summed E-state index contributed by atoms with van der Waals surface area (Å²) in [6, 6.07) is 3.61. The number of nitrogens with zero attached hydrogens (tertiary/aromatic N) is 2. The van der Waals surface area contributed by atoms with Crippen molar-refractivity contribution in [2.75, 3.05) is 37.0 Å². The highest BCUT2D eigenvalue weighted by atomic mass is 16.4. The quantitative estimate of drug-likeness (QED) is 0.858. The maximum Gasteiger partial charge on any atom is 0.336 e. The van der Waals surface area contributed by atoms with Crippen LogP contribution in [-0.2, 0) is 6.42 Å². The van der Waals surface area contributed by atoms with E-state index in [0.717, 1.165) is 36.4 Å². The third-order valence-corrected chi connectivity index (χ3v) is 3.41. The van der Waals surface area contributed by atoms with Gasteiger partial charge in [-0.25, -0.2) is 4.79 Å². The van der Waals surface area contributed by atoms with Crippen LogP contribution >= 0.6 is 0 Å². The van der Waals surface area contributed by atoms with Gasteiger partial charge in [-0.1, -0.05) is 6.92 Å². The molecule has 1 rings (SSSR count). The average Bonchev–Trinajstić information content (AvgIpc) is 2.38. The van der Waals surface area contributed by atoms with Crippen molar-refractivity contribution in [2.24, 2.45) is 0 Å². The van der Waals surface area contributed by atoms with E-state index in [4.69, 9.17) is 0 Å². The van der Waals surface area contributed by atoms with Crippen LogP contribution in [0.25, 0.3) is 0 Å². The third kappa shape index (κ3) is 3.00. The molecule has 0 fully saturated rings. The molecule has 0 unspecified atom stereocenters. The number of aromatic carboxylic acids is 1. The summed E-state index contributed by atoms with van der Waals surface area (Å²) >= 11 is 0. The zero-order chi connectivity index (χ0) is 14.6. The first-order chi connectivity index (χ1) is 8.97.